The molecular weight excluding hydrogens is 320 g/mol. The average molecular weight is 333 g/mol. The van der Waals surface area contributed by atoms with E-state index < -0.39 is 5.97 Å². The molecule has 0 radical (unpaired) electrons. The predicted molar refractivity (Wildman–Crippen MR) is 80.1 cm³/mol. The number of hydrogen-bond donors (Lipinski definition) is 1. The van der Waals surface area contributed by atoms with E-state index in [1.54, 1.807) is 12.3 Å². The summed E-state index contributed by atoms with van der Waals surface area (Å²) in [4.78, 5) is 17.7. The van der Waals surface area contributed by atoms with Gasteiger partial charge in [0.05, 0.1) is 0 Å². The Kier molecular flexibility index (Phi) is 3.44. The van der Waals surface area contributed by atoms with E-state index in [0.29, 0.717) is 16.8 Å². The van der Waals surface area contributed by atoms with E-state index in [1.807, 2.05) is 17.0 Å². The lowest BCUT2D eigenvalue weighted by Gasteiger charge is -2.30. The molecule has 0 fully saturated rings. The molecule has 1 aliphatic heterocycles. The summed E-state index contributed by atoms with van der Waals surface area (Å²) in [5.41, 5.74) is 2.80. The number of benzene rings is 1. The van der Waals surface area contributed by atoms with Crippen LogP contribution in [0.5, 0.6) is 0 Å². The van der Waals surface area contributed by atoms with E-state index in [4.69, 9.17) is 0 Å². The molecule has 0 unspecified atom stereocenters. The standard InChI is InChI=1S/C15H13BrN2O2/c16-12-7-13(15(19)20)14(17-8-12)18-6-5-10-3-1-2-4-11(10)9-18/h1-4,7-8H,5-6,9H2,(H,19,20). The summed E-state index contributed by atoms with van der Waals surface area (Å²) in [5, 5.41) is 9.33. The zero-order valence-electron chi connectivity index (χ0n) is 10.7. The predicted octanol–water partition coefficient (Wildman–Crippen LogP) is 3.11. The molecule has 0 saturated heterocycles. The number of aromatic carboxylic acids is 1. The Balaban J connectivity index is 1.97. The van der Waals surface area contributed by atoms with Crippen LogP contribution in [0.15, 0.2) is 41.0 Å². The van der Waals surface area contributed by atoms with Gasteiger partial charge in [-0.1, -0.05) is 24.3 Å². The van der Waals surface area contributed by atoms with Gasteiger partial charge < -0.3 is 10.0 Å². The highest BCUT2D eigenvalue weighted by atomic mass is 79.9. The van der Waals surface area contributed by atoms with Crippen molar-refractivity contribution in [1.82, 2.24) is 4.98 Å². The first-order valence-corrected chi connectivity index (χ1v) is 7.15. The number of hydrogen-bond acceptors (Lipinski definition) is 3. The van der Waals surface area contributed by atoms with Gasteiger partial charge in [-0.05, 0) is 39.5 Å². The van der Waals surface area contributed by atoms with Crippen LogP contribution in [0.4, 0.5) is 5.82 Å². The third-order valence-corrected chi connectivity index (χ3v) is 3.93. The Hall–Kier alpha value is -1.88. The van der Waals surface area contributed by atoms with Crippen LogP contribution in [0.2, 0.25) is 0 Å². The highest BCUT2D eigenvalue weighted by Crippen LogP contribution is 2.27. The van der Waals surface area contributed by atoms with Gasteiger partial charge in [0.2, 0.25) is 0 Å². The first kappa shape index (κ1) is 13.1. The second kappa shape index (κ2) is 5.25. The molecule has 102 valence electrons. The monoisotopic (exact) mass is 332 g/mol. The van der Waals surface area contributed by atoms with Gasteiger partial charge in [-0.3, -0.25) is 0 Å². The molecule has 4 nitrogen and oxygen atoms in total. The van der Waals surface area contributed by atoms with Gasteiger partial charge in [-0.25, -0.2) is 9.78 Å². The number of pyridine rings is 1. The minimum absolute atomic E-state index is 0.235. The van der Waals surface area contributed by atoms with Gasteiger partial charge >= 0.3 is 5.97 Å². The highest BCUT2D eigenvalue weighted by molar-refractivity contribution is 9.10. The molecule has 3 rings (SSSR count). The topological polar surface area (TPSA) is 53.4 Å². The van der Waals surface area contributed by atoms with Crippen molar-refractivity contribution in [3.63, 3.8) is 0 Å². The van der Waals surface area contributed by atoms with Crippen molar-refractivity contribution >= 4 is 27.7 Å². The van der Waals surface area contributed by atoms with Crippen LogP contribution in [0.25, 0.3) is 0 Å². The average Bonchev–Trinajstić information content (AvgIpc) is 2.46. The van der Waals surface area contributed by atoms with E-state index >= 15 is 0 Å². The van der Waals surface area contributed by atoms with Crippen LogP contribution in [0, 0.1) is 0 Å². The number of rotatable bonds is 2. The number of carbonyl (C=O) groups is 1. The SMILES string of the molecule is O=C(O)c1cc(Br)cnc1N1CCc2ccccc2C1. The highest BCUT2D eigenvalue weighted by Gasteiger charge is 2.22. The summed E-state index contributed by atoms with van der Waals surface area (Å²) in [6.45, 7) is 1.48. The Morgan fingerprint density at radius 1 is 1.30 bits per heavy atom. The second-order valence-electron chi connectivity index (χ2n) is 4.77. The quantitative estimate of drug-likeness (QED) is 0.918. The first-order valence-electron chi connectivity index (χ1n) is 6.36. The Morgan fingerprint density at radius 3 is 2.80 bits per heavy atom. The van der Waals surface area contributed by atoms with Crippen LogP contribution in [0.3, 0.4) is 0 Å². The maximum absolute atomic E-state index is 11.4. The fourth-order valence-electron chi connectivity index (χ4n) is 2.52. The molecule has 0 saturated carbocycles. The summed E-state index contributed by atoms with van der Waals surface area (Å²) < 4.78 is 0.677. The van der Waals surface area contributed by atoms with Crippen molar-refractivity contribution in [2.75, 3.05) is 11.4 Å². The normalized spacial score (nSPS) is 13.9. The zero-order chi connectivity index (χ0) is 14.1. The van der Waals surface area contributed by atoms with E-state index in [9.17, 15) is 9.90 Å². The van der Waals surface area contributed by atoms with Crippen molar-refractivity contribution in [1.29, 1.82) is 0 Å². The van der Waals surface area contributed by atoms with Crippen LogP contribution in [-0.2, 0) is 13.0 Å². The summed E-state index contributed by atoms with van der Waals surface area (Å²) in [7, 11) is 0. The molecule has 0 amide bonds. The summed E-state index contributed by atoms with van der Waals surface area (Å²) in [6.07, 6.45) is 2.55. The van der Waals surface area contributed by atoms with Crippen molar-refractivity contribution in [3.8, 4) is 0 Å². The van der Waals surface area contributed by atoms with Gasteiger partial charge in [0.1, 0.15) is 11.4 Å². The Morgan fingerprint density at radius 2 is 2.05 bits per heavy atom. The third kappa shape index (κ3) is 2.41. The molecule has 0 bridgehead atoms. The lowest BCUT2D eigenvalue weighted by Crippen LogP contribution is -2.32. The minimum atomic E-state index is -0.951. The molecule has 0 spiro atoms. The van der Waals surface area contributed by atoms with Crippen molar-refractivity contribution in [3.05, 3.63) is 57.7 Å². The number of carboxylic acid groups (broad SMARTS) is 1. The number of anilines is 1. The summed E-state index contributed by atoms with van der Waals surface area (Å²) in [6, 6.07) is 9.86. The second-order valence-corrected chi connectivity index (χ2v) is 5.69. The fraction of sp³-hybridized carbons (Fsp3) is 0.200. The zero-order valence-corrected chi connectivity index (χ0v) is 12.3. The molecule has 0 atom stereocenters. The lowest BCUT2D eigenvalue weighted by atomic mass is 9.99. The number of halogens is 1. The van der Waals surface area contributed by atoms with Gasteiger partial charge in [0, 0.05) is 23.8 Å². The van der Waals surface area contributed by atoms with E-state index in [2.05, 4.69) is 33.0 Å². The molecule has 2 heterocycles. The fourth-order valence-corrected chi connectivity index (χ4v) is 2.85. The number of aromatic nitrogens is 1. The maximum Gasteiger partial charge on any atom is 0.339 e. The van der Waals surface area contributed by atoms with Crippen LogP contribution >= 0.6 is 15.9 Å². The molecular formula is C15H13BrN2O2. The van der Waals surface area contributed by atoms with Gasteiger partial charge in [-0.15, -0.1) is 0 Å². The minimum Gasteiger partial charge on any atom is -0.478 e. The smallest absolute Gasteiger partial charge is 0.339 e. The number of fused-ring (bicyclic) bond motifs is 1. The molecule has 20 heavy (non-hydrogen) atoms. The van der Waals surface area contributed by atoms with E-state index in [1.165, 1.54) is 11.1 Å². The molecule has 1 aromatic carbocycles. The van der Waals surface area contributed by atoms with Crippen molar-refractivity contribution in [2.45, 2.75) is 13.0 Å². The summed E-state index contributed by atoms with van der Waals surface area (Å²) in [5.74, 6) is -0.414. The molecule has 1 aliphatic rings. The largest absolute Gasteiger partial charge is 0.478 e. The lowest BCUT2D eigenvalue weighted by molar-refractivity contribution is 0.0697. The third-order valence-electron chi connectivity index (χ3n) is 3.49. The van der Waals surface area contributed by atoms with Crippen LogP contribution in [0.1, 0.15) is 21.5 Å². The molecule has 0 aliphatic carbocycles. The van der Waals surface area contributed by atoms with Gasteiger partial charge in [0.25, 0.3) is 0 Å². The van der Waals surface area contributed by atoms with Crippen LogP contribution in [-0.4, -0.2) is 22.6 Å². The van der Waals surface area contributed by atoms with E-state index in [0.717, 1.165) is 13.0 Å². The molecule has 2 aromatic rings. The molecule has 1 N–H and O–H groups in total. The first-order chi connectivity index (χ1) is 9.65. The summed E-state index contributed by atoms with van der Waals surface area (Å²) >= 11 is 3.27. The van der Waals surface area contributed by atoms with Crippen molar-refractivity contribution < 1.29 is 9.90 Å². The Bertz CT molecular complexity index is 673. The van der Waals surface area contributed by atoms with E-state index in [-0.39, 0.29) is 5.56 Å². The van der Waals surface area contributed by atoms with Crippen molar-refractivity contribution in [2.24, 2.45) is 0 Å². The molecule has 5 heteroatoms. The van der Waals surface area contributed by atoms with Crippen LogP contribution < -0.4 is 4.90 Å². The molecule has 1 aromatic heterocycles. The van der Waals surface area contributed by atoms with Gasteiger partial charge in [-0.2, -0.15) is 0 Å². The maximum atomic E-state index is 11.4. The number of carboxylic acids is 1. The Labute approximate surface area is 125 Å². The number of nitrogens with zero attached hydrogens (tertiary/aromatic N) is 2. The van der Waals surface area contributed by atoms with Gasteiger partial charge in [0.15, 0.2) is 0 Å².